The molecule has 0 spiro atoms. The lowest BCUT2D eigenvalue weighted by Gasteiger charge is -2.21. The van der Waals surface area contributed by atoms with Crippen molar-refractivity contribution in [1.29, 1.82) is 0 Å². The van der Waals surface area contributed by atoms with Gasteiger partial charge < -0.3 is 15.4 Å². The number of rotatable bonds is 7. The zero-order chi connectivity index (χ0) is 23.1. The SMILES string of the molecule is CCOCC(C)N/C(=N/C(=O)c1ccc(F)c(F)c1)NC1CC(c2ccc(F)cc2)NN1. The highest BCUT2D eigenvalue weighted by molar-refractivity contribution is 6.02. The topological polar surface area (TPSA) is 86.8 Å². The molecule has 0 radical (unpaired) electrons. The van der Waals surface area contributed by atoms with Crippen LogP contribution in [0, 0.1) is 17.5 Å². The number of guanidine groups is 1. The lowest BCUT2D eigenvalue weighted by molar-refractivity contribution is 0.100. The molecule has 0 aliphatic carbocycles. The fourth-order valence-electron chi connectivity index (χ4n) is 3.20. The Bertz CT molecular complexity index is 955. The van der Waals surface area contributed by atoms with Crippen LogP contribution >= 0.6 is 0 Å². The number of ether oxygens (including phenoxy) is 1. The van der Waals surface area contributed by atoms with Crippen molar-refractivity contribution in [3.05, 3.63) is 71.0 Å². The van der Waals surface area contributed by atoms with E-state index in [0.717, 1.165) is 17.7 Å². The van der Waals surface area contributed by atoms with Gasteiger partial charge in [-0.1, -0.05) is 12.1 Å². The molecule has 10 heteroatoms. The van der Waals surface area contributed by atoms with Crippen LogP contribution in [-0.2, 0) is 4.74 Å². The standard InChI is InChI=1S/C22H26F3N5O2/c1-3-32-12-13(2)26-22(28-21(31)15-6-9-17(24)18(25)10-15)27-20-11-19(29-30-20)14-4-7-16(23)8-5-14/h4-10,13,19-20,29-30H,3,11-12H2,1-2H3,(H2,26,27,28,31). The van der Waals surface area contributed by atoms with Crippen LogP contribution in [0.1, 0.15) is 42.2 Å². The molecule has 0 bridgehead atoms. The monoisotopic (exact) mass is 449 g/mol. The predicted molar refractivity (Wildman–Crippen MR) is 114 cm³/mol. The summed E-state index contributed by atoms with van der Waals surface area (Å²) in [6.45, 7) is 4.64. The molecule has 3 atom stereocenters. The van der Waals surface area contributed by atoms with E-state index < -0.39 is 17.5 Å². The van der Waals surface area contributed by atoms with Crippen LogP contribution < -0.4 is 21.5 Å². The number of nitrogens with zero attached hydrogens (tertiary/aromatic N) is 1. The summed E-state index contributed by atoms with van der Waals surface area (Å²) < 4.78 is 45.3. The third kappa shape index (κ3) is 6.52. The second kappa shape index (κ2) is 11.1. The summed E-state index contributed by atoms with van der Waals surface area (Å²) >= 11 is 0. The second-order valence-electron chi connectivity index (χ2n) is 7.42. The minimum absolute atomic E-state index is 0.0795. The number of amides is 1. The number of carbonyl (C=O) groups excluding carboxylic acids is 1. The van der Waals surface area contributed by atoms with E-state index in [1.807, 2.05) is 13.8 Å². The maximum absolute atomic E-state index is 13.5. The van der Waals surface area contributed by atoms with Crippen molar-refractivity contribution in [2.45, 2.75) is 38.5 Å². The van der Waals surface area contributed by atoms with E-state index in [2.05, 4.69) is 26.5 Å². The average molecular weight is 449 g/mol. The molecule has 1 aliphatic rings. The summed E-state index contributed by atoms with van der Waals surface area (Å²) in [6, 6.07) is 8.77. The van der Waals surface area contributed by atoms with Gasteiger partial charge in [-0.3, -0.25) is 4.79 Å². The Morgan fingerprint density at radius 3 is 2.59 bits per heavy atom. The van der Waals surface area contributed by atoms with Crippen molar-refractivity contribution in [1.82, 2.24) is 21.5 Å². The molecule has 172 valence electrons. The highest BCUT2D eigenvalue weighted by Gasteiger charge is 2.26. The lowest BCUT2D eigenvalue weighted by atomic mass is 10.0. The zero-order valence-electron chi connectivity index (χ0n) is 17.8. The summed E-state index contributed by atoms with van der Waals surface area (Å²) in [6.07, 6.45) is 0.263. The van der Waals surface area contributed by atoms with Crippen LogP contribution in [0.15, 0.2) is 47.5 Å². The van der Waals surface area contributed by atoms with Gasteiger partial charge in [0.1, 0.15) is 5.82 Å². The number of carbonyl (C=O) groups is 1. The zero-order valence-corrected chi connectivity index (χ0v) is 17.8. The van der Waals surface area contributed by atoms with Crippen LogP contribution in [0.2, 0.25) is 0 Å². The maximum atomic E-state index is 13.5. The summed E-state index contributed by atoms with van der Waals surface area (Å²) in [7, 11) is 0. The number of hydrogen-bond donors (Lipinski definition) is 4. The number of nitrogens with one attached hydrogen (secondary N) is 4. The molecule has 3 rings (SSSR count). The minimum Gasteiger partial charge on any atom is -0.380 e. The summed E-state index contributed by atoms with van der Waals surface area (Å²) in [5.74, 6) is -3.05. The molecule has 2 aromatic rings. The van der Waals surface area contributed by atoms with E-state index in [-0.39, 0.29) is 35.6 Å². The van der Waals surface area contributed by atoms with Gasteiger partial charge in [0.2, 0.25) is 5.96 Å². The fraction of sp³-hybridized carbons (Fsp3) is 0.364. The van der Waals surface area contributed by atoms with E-state index in [1.165, 1.54) is 18.2 Å². The summed E-state index contributed by atoms with van der Waals surface area (Å²) in [4.78, 5) is 16.6. The molecular formula is C22H26F3N5O2. The van der Waals surface area contributed by atoms with Crippen LogP contribution in [0.5, 0.6) is 0 Å². The third-order valence-corrected chi connectivity index (χ3v) is 4.82. The maximum Gasteiger partial charge on any atom is 0.280 e. The number of aliphatic imine (C=N–C) groups is 1. The highest BCUT2D eigenvalue weighted by Crippen LogP contribution is 2.21. The summed E-state index contributed by atoms with van der Waals surface area (Å²) in [5.41, 5.74) is 7.00. The van der Waals surface area contributed by atoms with Gasteiger partial charge in [0.15, 0.2) is 11.6 Å². The molecule has 4 N–H and O–H groups in total. The quantitative estimate of drug-likeness (QED) is 0.384. The van der Waals surface area contributed by atoms with Crippen molar-refractivity contribution in [3.63, 3.8) is 0 Å². The predicted octanol–water partition coefficient (Wildman–Crippen LogP) is 2.77. The van der Waals surface area contributed by atoms with Gasteiger partial charge in [0, 0.05) is 30.7 Å². The van der Waals surface area contributed by atoms with Crippen LogP contribution in [0.4, 0.5) is 13.2 Å². The van der Waals surface area contributed by atoms with Crippen LogP contribution in [0.3, 0.4) is 0 Å². The Morgan fingerprint density at radius 1 is 1.16 bits per heavy atom. The normalized spacial score (nSPS) is 19.6. The molecule has 3 unspecified atom stereocenters. The lowest BCUT2D eigenvalue weighted by Crippen LogP contribution is -2.52. The van der Waals surface area contributed by atoms with E-state index in [1.54, 1.807) is 12.1 Å². The molecule has 0 saturated carbocycles. The van der Waals surface area contributed by atoms with E-state index in [9.17, 15) is 18.0 Å². The second-order valence-corrected chi connectivity index (χ2v) is 7.42. The van der Waals surface area contributed by atoms with Gasteiger partial charge in [-0.25, -0.2) is 24.0 Å². The molecule has 1 saturated heterocycles. The minimum atomic E-state index is -1.12. The van der Waals surface area contributed by atoms with Gasteiger partial charge in [-0.15, -0.1) is 0 Å². The van der Waals surface area contributed by atoms with Crippen molar-refractivity contribution in [3.8, 4) is 0 Å². The van der Waals surface area contributed by atoms with Crippen molar-refractivity contribution < 1.29 is 22.7 Å². The molecule has 1 heterocycles. The highest BCUT2D eigenvalue weighted by atomic mass is 19.2. The molecule has 0 aromatic heterocycles. The van der Waals surface area contributed by atoms with Crippen molar-refractivity contribution in [2.24, 2.45) is 4.99 Å². The molecule has 1 amide bonds. The molecule has 1 fully saturated rings. The number of hydrazine groups is 1. The first-order valence-electron chi connectivity index (χ1n) is 10.3. The number of hydrogen-bond acceptors (Lipinski definition) is 4. The Kier molecular flexibility index (Phi) is 8.20. The molecule has 32 heavy (non-hydrogen) atoms. The molecule has 1 aliphatic heterocycles. The third-order valence-electron chi connectivity index (χ3n) is 4.82. The number of benzene rings is 2. The van der Waals surface area contributed by atoms with Gasteiger partial charge in [-0.05, 0) is 49.7 Å². The fourth-order valence-corrected chi connectivity index (χ4v) is 3.20. The van der Waals surface area contributed by atoms with Gasteiger partial charge in [0.05, 0.1) is 12.8 Å². The van der Waals surface area contributed by atoms with Crippen molar-refractivity contribution >= 4 is 11.9 Å². The smallest absolute Gasteiger partial charge is 0.280 e. The number of halogens is 3. The molecular weight excluding hydrogens is 423 g/mol. The largest absolute Gasteiger partial charge is 0.380 e. The van der Waals surface area contributed by atoms with E-state index in [0.29, 0.717) is 19.6 Å². The Labute approximate surface area is 184 Å². The Balaban J connectivity index is 1.72. The van der Waals surface area contributed by atoms with Gasteiger partial charge in [-0.2, -0.15) is 4.99 Å². The van der Waals surface area contributed by atoms with E-state index >= 15 is 0 Å². The van der Waals surface area contributed by atoms with Crippen LogP contribution in [0.25, 0.3) is 0 Å². The Hall–Kier alpha value is -2.95. The first-order chi connectivity index (χ1) is 15.4. The summed E-state index contributed by atoms with van der Waals surface area (Å²) in [5, 5.41) is 6.18. The Morgan fingerprint density at radius 2 is 1.91 bits per heavy atom. The average Bonchev–Trinajstić information content (AvgIpc) is 3.23. The van der Waals surface area contributed by atoms with E-state index in [4.69, 9.17) is 4.74 Å². The van der Waals surface area contributed by atoms with Crippen molar-refractivity contribution in [2.75, 3.05) is 13.2 Å². The molecule has 2 aromatic carbocycles. The first kappa shape index (κ1) is 23.7. The van der Waals surface area contributed by atoms with Gasteiger partial charge >= 0.3 is 0 Å². The first-order valence-corrected chi connectivity index (χ1v) is 10.3. The molecule has 7 nitrogen and oxygen atoms in total. The van der Waals surface area contributed by atoms with Crippen LogP contribution in [-0.4, -0.2) is 37.3 Å². The van der Waals surface area contributed by atoms with Gasteiger partial charge in [0.25, 0.3) is 5.91 Å².